The molecule has 0 saturated carbocycles. The minimum absolute atomic E-state index is 0.0782. The lowest BCUT2D eigenvalue weighted by molar-refractivity contribution is -0.131. The van der Waals surface area contributed by atoms with Crippen molar-refractivity contribution in [3.05, 3.63) is 77.1 Å². The number of carbonyl (C=O) groups is 1. The lowest BCUT2D eigenvalue weighted by Gasteiger charge is -2.31. The number of rotatable bonds is 10. The number of allylic oxidation sites excluding steroid dienone is 1. The molecule has 34 heavy (non-hydrogen) atoms. The quantitative estimate of drug-likeness (QED) is 0.481. The largest absolute Gasteiger partial charge is 0.363 e. The van der Waals surface area contributed by atoms with Crippen LogP contribution < -0.4 is 10.6 Å². The maximum absolute atomic E-state index is 13.1. The molecule has 1 fully saturated rings. The van der Waals surface area contributed by atoms with Crippen molar-refractivity contribution in [1.82, 2.24) is 4.90 Å². The number of benzene rings is 2. The molecule has 0 aromatic heterocycles. The number of amides is 1. The van der Waals surface area contributed by atoms with Gasteiger partial charge in [-0.15, -0.1) is 0 Å². The first-order valence-electron chi connectivity index (χ1n) is 12.5. The monoisotopic (exact) mass is 465 g/mol. The van der Waals surface area contributed by atoms with E-state index >= 15 is 0 Å². The van der Waals surface area contributed by atoms with E-state index in [1.54, 1.807) is 0 Å². The Morgan fingerprint density at radius 3 is 2.24 bits per heavy atom. The summed E-state index contributed by atoms with van der Waals surface area (Å²) in [6, 6.07) is 15.4. The molecule has 2 aromatic rings. The number of hydrogen-bond donors (Lipinski definition) is 1. The van der Waals surface area contributed by atoms with Crippen LogP contribution in [0.5, 0.6) is 0 Å². The summed E-state index contributed by atoms with van der Waals surface area (Å²) >= 11 is 0. The Morgan fingerprint density at radius 1 is 1.09 bits per heavy atom. The van der Waals surface area contributed by atoms with Gasteiger partial charge in [-0.25, -0.2) is 4.39 Å². The minimum atomic E-state index is -0.412. The third-order valence-corrected chi connectivity index (χ3v) is 6.54. The van der Waals surface area contributed by atoms with Gasteiger partial charge in [0.2, 0.25) is 5.91 Å². The van der Waals surface area contributed by atoms with Crippen LogP contribution in [0.1, 0.15) is 51.7 Å². The van der Waals surface area contributed by atoms with Crippen molar-refractivity contribution in [1.29, 1.82) is 0 Å². The highest BCUT2D eigenvalue weighted by atomic mass is 19.1. The number of anilines is 1. The summed E-state index contributed by atoms with van der Waals surface area (Å²) in [7, 11) is 0. The second-order valence-electron chi connectivity index (χ2n) is 10.2. The summed E-state index contributed by atoms with van der Waals surface area (Å²) in [4.78, 5) is 17.2. The molecule has 184 valence electrons. The fraction of sp³-hybridized carbons (Fsp3) is 0.483. The van der Waals surface area contributed by atoms with Gasteiger partial charge in [0.1, 0.15) is 5.82 Å². The lowest BCUT2D eigenvalue weighted by atomic mass is 10.0. The molecule has 1 heterocycles. The third kappa shape index (κ3) is 7.42. The van der Waals surface area contributed by atoms with Crippen molar-refractivity contribution in [2.45, 2.75) is 65.5 Å². The van der Waals surface area contributed by atoms with Crippen LogP contribution in [0.15, 0.2) is 60.2 Å². The van der Waals surface area contributed by atoms with Gasteiger partial charge in [0.15, 0.2) is 0 Å². The molecule has 1 aliphatic rings. The number of nitrogens with two attached hydrogens (primary N) is 1. The highest BCUT2D eigenvalue weighted by Gasteiger charge is 2.32. The molecule has 1 aliphatic heterocycles. The van der Waals surface area contributed by atoms with Crippen LogP contribution in [0, 0.1) is 11.7 Å². The Morgan fingerprint density at radius 2 is 1.68 bits per heavy atom. The summed E-state index contributed by atoms with van der Waals surface area (Å²) in [5, 5.41) is 0. The molecular formula is C29H40FN3O. The van der Waals surface area contributed by atoms with Crippen molar-refractivity contribution >= 4 is 11.6 Å². The van der Waals surface area contributed by atoms with Gasteiger partial charge in [0.05, 0.1) is 6.04 Å². The van der Waals surface area contributed by atoms with Crippen LogP contribution in [-0.2, 0) is 17.6 Å². The zero-order valence-corrected chi connectivity index (χ0v) is 21.1. The predicted molar refractivity (Wildman–Crippen MR) is 139 cm³/mol. The van der Waals surface area contributed by atoms with Crippen LogP contribution in [0.4, 0.5) is 10.1 Å². The van der Waals surface area contributed by atoms with Gasteiger partial charge < -0.3 is 15.5 Å². The van der Waals surface area contributed by atoms with E-state index in [-0.39, 0.29) is 17.8 Å². The molecule has 0 bridgehead atoms. The average Bonchev–Trinajstić information content (AvgIpc) is 3.28. The molecular weight excluding hydrogens is 425 g/mol. The number of hydrogen-bond acceptors (Lipinski definition) is 3. The van der Waals surface area contributed by atoms with Crippen molar-refractivity contribution < 1.29 is 9.18 Å². The van der Waals surface area contributed by atoms with E-state index in [0.717, 1.165) is 44.3 Å². The summed E-state index contributed by atoms with van der Waals surface area (Å²) in [5.74, 6) is 0.293. The molecule has 4 nitrogen and oxygen atoms in total. The third-order valence-electron chi connectivity index (χ3n) is 6.54. The first-order valence-corrected chi connectivity index (χ1v) is 12.5. The average molecular weight is 466 g/mol. The molecule has 1 amide bonds. The van der Waals surface area contributed by atoms with E-state index in [9.17, 15) is 9.18 Å². The topological polar surface area (TPSA) is 49.6 Å². The summed E-state index contributed by atoms with van der Waals surface area (Å²) in [6.45, 7) is 10.7. The molecule has 2 aromatic carbocycles. The van der Waals surface area contributed by atoms with Crippen LogP contribution in [0.2, 0.25) is 0 Å². The number of nitrogens with zero attached hydrogens (tertiary/aromatic N) is 2. The Labute approximate surface area is 204 Å². The van der Waals surface area contributed by atoms with Gasteiger partial charge in [-0.1, -0.05) is 49.8 Å². The highest BCUT2D eigenvalue weighted by Crippen LogP contribution is 2.25. The highest BCUT2D eigenvalue weighted by molar-refractivity contribution is 5.82. The molecule has 5 heteroatoms. The van der Waals surface area contributed by atoms with Crippen LogP contribution >= 0.6 is 0 Å². The summed E-state index contributed by atoms with van der Waals surface area (Å²) < 4.78 is 13.1. The Hall–Kier alpha value is -2.66. The van der Waals surface area contributed by atoms with E-state index < -0.39 is 6.04 Å². The normalized spacial score (nSPS) is 16.6. The number of halogens is 1. The predicted octanol–water partition coefficient (Wildman–Crippen LogP) is 5.36. The molecule has 2 N–H and O–H groups in total. The molecule has 1 unspecified atom stereocenters. The number of likely N-dealkylation sites (tertiary alicyclic amines) is 1. The van der Waals surface area contributed by atoms with Gasteiger partial charge in [0, 0.05) is 31.4 Å². The summed E-state index contributed by atoms with van der Waals surface area (Å²) in [6.07, 6.45) is 5.72. The maximum atomic E-state index is 13.1. The van der Waals surface area contributed by atoms with E-state index in [4.69, 9.17) is 5.73 Å². The van der Waals surface area contributed by atoms with Gasteiger partial charge in [-0.05, 0) is 80.8 Å². The van der Waals surface area contributed by atoms with Crippen LogP contribution in [0.3, 0.4) is 0 Å². The minimum Gasteiger partial charge on any atom is -0.363 e. The SMILES string of the molecule is CC(C)=CCN(c1ccc(CCc2ccc(F)cc2)cc1)[C@H]1CCN(C(=O)C(N)CC(C)C)C1. The number of aryl methyl sites for hydroxylation is 2. The first-order chi connectivity index (χ1) is 16.2. The van der Waals surface area contributed by atoms with Crippen molar-refractivity contribution in [3.63, 3.8) is 0 Å². The second-order valence-corrected chi connectivity index (χ2v) is 10.2. The maximum Gasteiger partial charge on any atom is 0.239 e. The Balaban J connectivity index is 1.66. The molecule has 1 saturated heterocycles. The van der Waals surface area contributed by atoms with E-state index in [1.807, 2.05) is 17.0 Å². The zero-order chi connectivity index (χ0) is 24.7. The van der Waals surface area contributed by atoms with Crippen LogP contribution in [-0.4, -0.2) is 42.5 Å². The Bertz CT molecular complexity index is 948. The number of carbonyl (C=O) groups excluding carboxylic acids is 1. The van der Waals surface area contributed by atoms with E-state index in [0.29, 0.717) is 12.5 Å². The standard InChI is InChI=1S/C29H40FN3O/c1-21(2)15-18-33(27-16-17-32(20-27)29(34)28(31)19-22(3)4)26-13-9-24(10-14-26)6-5-23-7-11-25(30)12-8-23/h7-15,22,27-28H,5-6,16-20,31H2,1-4H3/t27-,28?/m0/s1. The van der Waals surface area contributed by atoms with Crippen molar-refractivity contribution in [2.24, 2.45) is 11.7 Å². The van der Waals surface area contributed by atoms with Gasteiger partial charge in [-0.2, -0.15) is 0 Å². The first kappa shape index (κ1) is 26.0. The van der Waals surface area contributed by atoms with Gasteiger partial charge in [-0.3, -0.25) is 4.79 Å². The van der Waals surface area contributed by atoms with Crippen molar-refractivity contribution in [2.75, 3.05) is 24.5 Å². The second kappa shape index (κ2) is 12.2. The fourth-order valence-electron chi connectivity index (χ4n) is 4.58. The zero-order valence-electron chi connectivity index (χ0n) is 21.1. The Kier molecular flexibility index (Phi) is 9.28. The molecule has 0 aliphatic carbocycles. The van der Waals surface area contributed by atoms with E-state index in [1.165, 1.54) is 29.0 Å². The van der Waals surface area contributed by atoms with Gasteiger partial charge in [0.25, 0.3) is 0 Å². The molecule has 2 atom stereocenters. The smallest absolute Gasteiger partial charge is 0.239 e. The van der Waals surface area contributed by atoms with Crippen molar-refractivity contribution in [3.8, 4) is 0 Å². The summed E-state index contributed by atoms with van der Waals surface area (Å²) in [5.41, 5.74) is 11.1. The van der Waals surface area contributed by atoms with Crippen LogP contribution in [0.25, 0.3) is 0 Å². The molecule has 0 spiro atoms. The lowest BCUT2D eigenvalue weighted by Crippen LogP contribution is -2.45. The van der Waals surface area contributed by atoms with Gasteiger partial charge >= 0.3 is 0 Å². The fourth-order valence-corrected chi connectivity index (χ4v) is 4.58. The van der Waals surface area contributed by atoms with E-state index in [2.05, 4.69) is 62.9 Å². The molecule has 3 rings (SSSR count). The molecule has 0 radical (unpaired) electrons.